The first kappa shape index (κ1) is 17.0. The smallest absolute Gasteiger partial charge is 0.207 e. The van der Waals surface area contributed by atoms with Gasteiger partial charge in [0, 0.05) is 31.3 Å². The first-order chi connectivity index (χ1) is 10.3. The standard InChI is InChI=1S/C18H21N2O.HI/c1-19-10-6-5-9-17(19)15-18(16-7-3-2-4-8-16)20-11-13-21-14-12-20;/h2-10,15H,11-14H2,1H3;1H/q+1;/p-1. The lowest BCUT2D eigenvalue weighted by Crippen LogP contribution is -3.00. The molecule has 0 N–H and O–H groups in total. The van der Waals surface area contributed by atoms with Gasteiger partial charge in [0.25, 0.3) is 0 Å². The van der Waals surface area contributed by atoms with E-state index in [4.69, 9.17) is 4.74 Å². The summed E-state index contributed by atoms with van der Waals surface area (Å²) in [6.45, 7) is 3.48. The minimum Gasteiger partial charge on any atom is -1.00 e. The third kappa shape index (κ3) is 4.08. The number of nitrogens with zero attached hydrogens (tertiary/aromatic N) is 2. The van der Waals surface area contributed by atoms with E-state index >= 15 is 0 Å². The van der Waals surface area contributed by atoms with Crippen molar-refractivity contribution in [1.82, 2.24) is 4.90 Å². The van der Waals surface area contributed by atoms with Crippen LogP contribution in [0.4, 0.5) is 0 Å². The van der Waals surface area contributed by atoms with Crippen LogP contribution in [0.3, 0.4) is 0 Å². The second kappa shape index (κ2) is 8.29. The summed E-state index contributed by atoms with van der Waals surface area (Å²) in [5.41, 5.74) is 3.71. The quantitative estimate of drug-likeness (QED) is 0.496. The van der Waals surface area contributed by atoms with E-state index in [0.717, 1.165) is 26.3 Å². The molecule has 0 saturated carbocycles. The van der Waals surface area contributed by atoms with E-state index in [1.807, 2.05) is 6.07 Å². The number of aromatic nitrogens is 1. The average molecular weight is 408 g/mol. The summed E-state index contributed by atoms with van der Waals surface area (Å²) >= 11 is 0. The van der Waals surface area contributed by atoms with Crippen molar-refractivity contribution in [2.75, 3.05) is 26.3 Å². The number of hydrogen-bond acceptors (Lipinski definition) is 2. The number of hydrogen-bond donors (Lipinski definition) is 0. The maximum Gasteiger partial charge on any atom is 0.207 e. The molecule has 0 spiro atoms. The van der Waals surface area contributed by atoms with Gasteiger partial charge in [0.1, 0.15) is 7.05 Å². The maximum atomic E-state index is 5.49. The minimum absolute atomic E-state index is 0. The van der Waals surface area contributed by atoms with E-state index in [1.54, 1.807) is 0 Å². The molecule has 0 unspecified atom stereocenters. The van der Waals surface area contributed by atoms with Crippen LogP contribution in [-0.4, -0.2) is 31.2 Å². The van der Waals surface area contributed by atoms with Crippen LogP contribution in [0.1, 0.15) is 11.3 Å². The second-order valence-corrected chi connectivity index (χ2v) is 5.23. The molecule has 0 aliphatic carbocycles. The summed E-state index contributed by atoms with van der Waals surface area (Å²) in [5, 5.41) is 0. The van der Waals surface area contributed by atoms with E-state index in [0.29, 0.717) is 0 Å². The van der Waals surface area contributed by atoms with Gasteiger partial charge in [-0.15, -0.1) is 0 Å². The van der Waals surface area contributed by atoms with Gasteiger partial charge in [-0.25, -0.2) is 4.57 Å². The normalized spacial score (nSPS) is 15.3. The maximum absolute atomic E-state index is 5.49. The van der Waals surface area contributed by atoms with Crippen molar-refractivity contribution in [2.24, 2.45) is 7.05 Å². The first-order valence-electron chi connectivity index (χ1n) is 7.39. The highest BCUT2D eigenvalue weighted by molar-refractivity contribution is 5.78. The number of morpholine rings is 1. The molecule has 1 aliphatic rings. The lowest BCUT2D eigenvalue weighted by molar-refractivity contribution is -0.673. The van der Waals surface area contributed by atoms with Crippen molar-refractivity contribution >= 4 is 11.8 Å². The Hall–Kier alpha value is -1.40. The van der Waals surface area contributed by atoms with E-state index < -0.39 is 0 Å². The van der Waals surface area contributed by atoms with Crippen molar-refractivity contribution in [1.29, 1.82) is 0 Å². The highest BCUT2D eigenvalue weighted by Gasteiger charge is 2.16. The summed E-state index contributed by atoms with van der Waals surface area (Å²) in [7, 11) is 2.08. The molecule has 0 amide bonds. The number of aryl methyl sites for hydroxylation is 1. The summed E-state index contributed by atoms with van der Waals surface area (Å²) in [4.78, 5) is 2.41. The number of pyridine rings is 1. The average Bonchev–Trinajstić information content (AvgIpc) is 2.56. The molecule has 1 saturated heterocycles. The lowest BCUT2D eigenvalue weighted by Gasteiger charge is -2.31. The Morgan fingerprint density at radius 2 is 1.73 bits per heavy atom. The monoisotopic (exact) mass is 408 g/mol. The zero-order chi connectivity index (χ0) is 14.5. The van der Waals surface area contributed by atoms with E-state index in [1.165, 1.54) is 17.0 Å². The third-order valence-corrected chi connectivity index (χ3v) is 3.80. The van der Waals surface area contributed by atoms with Crippen LogP contribution in [0.25, 0.3) is 11.8 Å². The van der Waals surface area contributed by atoms with Crippen LogP contribution >= 0.6 is 0 Å². The summed E-state index contributed by atoms with van der Waals surface area (Å²) in [6, 6.07) is 16.9. The van der Waals surface area contributed by atoms with Crippen LogP contribution < -0.4 is 28.5 Å². The van der Waals surface area contributed by atoms with Gasteiger partial charge in [0.2, 0.25) is 5.69 Å². The number of rotatable bonds is 3. The van der Waals surface area contributed by atoms with E-state index in [2.05, 4.69) is 71.3 Å². The lowest BCUT2D eigenvalue weighted by atomic mass is 10.1. The van der Waals surface area contributed by atoms with Crippen molar-refractivity contribution in [3.05, 3.63) is 66.0 Å². The molecule has 22 heavy (non-hydrogen) atoms. The molecular formula is C18H21IN2O. The summed E-state index contributed by atoms with van der Waals surface area (Å²) < 4.78 is 7.63. The molecule has 0 atom stereocenters. The van der Waals surface area contributed by atoms with Gasteiger partial charge >= 0.3 is 0 Å². The van der Waals surface area contributed by atoms with Gasteiger partial charge in [-0.1, -0.05) is 30.3 Å². The minimum atomic E-state index is 0. The highest BCUT2D eigenvalue weighted by atomic mass is 127. The van der Waals surface area contributed by atoms with Gasteiger partial charge in [0.15, 0.2) is 6.20 Å². The largest absolute Gasteiger partial charge is 1.00 e. The fraction of sp³-hybridized carbons (Fsp3) is 0.278. The van der Waals surface area contributed by atoms with Crippen molar-refractivity contribution in [3.8, 4) is 0 Å². The molecular weight excluding hydrogens is 387 g/mol. The Kier molecular flexibility index (Phi) is 6.39. The number of benzene rings is 1. The van der Waals surface area contributed by atoms with Crippen molar-refractivity contribution in [2.45, 2.75) is 0 Å². The van der Waals surface area contributed by atoms with Crippen molar-refractivity contribution < 1.29 is 33.3 Å². The molecule has 0 bridgehead atoms. The molecule has 2 aromatic rings. The van der Waals surface area contributed by atoms with Gasteiger partial charge in [0.05, 0.1) is 18.9 Å². The fourth-order valence-electron chi connectivity index (χ4n) is 2.60. The van der Waals surface area contributed by atoms with E-state index in [9.17, 15) is 0 Å². The fourth-order valence-corrected chi connectivity index (χ4v) is 2.60. The second-order valence-electron chi connectivity index (χ2n) is 5.23. The SMILES string of the molecule is C[n+]1ccccc1/C=C(\c1ccccc1)N1CCOCC1.[I-]. The van der Waals surface area contributed by atoms with Gasteiger partial charge in [-0.05, 0) is 11.6 Å². The van der Waals surface area contributed by atoms with Crippen LogP contribution in [0.15, 0.2) is 54.7 Å². The summed E-state index contributed by atoms with van der Waals surface area (Å²) in [6.07, 6.45) is 4.34. The molecule has 3 rings (SSSR count). The molecule has 0 radical (unpaired) electrons. The highest BCUT2D eigenvalue weighted by Crippen LogP contribution is 2.22. The number of ether oxygens (including phenoxy) is 1. The molecule has 4 heteroatoms. The Morgan fingerprint density at radius 3 is 2.41 bits per heavy atom. The Bertz CT molecular complexity index is 622. The van der Waals surface area contributed by atoms with Crippen molar-refractivity contribution in [3.63, 3.8) is 0 Å². The predicted molar refractivity (Wildman–Crippen MR) is 84.3 cm³/mol. The van der Waals surface area contributed by atoms with Gasteiger partial charge in [-0.2, -0.15) is 0 Å². The molecule has 3 nitrogen and oxygen atoms in total. The molecule has 1 aromatic carbocycles. The number of halogens is 1. The predicted octanol–water partition coefficient (Wildman–Crippen LogP) is -0.655. The van der Waals surface area contributed by atoms with E-state index in [-0.39, 0.29) is 24.0 Å². The molecule has 1 aliphatic heterocycles. The third-order valence-electron chi connectivity index (χ3n) is 3.80. The Balaban J connectivity index is 0.00000176. The molecule has 116 valence electrons. The van der Waals surface area contributed by atoms with Crippen LogP contribution in [0, 0.1) is 0 Å². The Morgan fingerprint density at radius 1 is 1.05 bits per heavy atom. The zero-order valence-electron chi connectivity index (χ0n) is 12.8. The zero-order valence-corrected chi connectivity index (χ0v) is 14.9. The Labute approximate surface area is 149 Å². The van der Waals surface area contributed by atoms with Crippen LogP contribution in [0.2, 0.25) is 0 Å². The topological polar surface area (TPSA) is 16.4 Å². The van der Waals surface area contributed by atoms with Crippen LogP contribution in [-0.2, 0) is 11.8 Å². The van der Waals surface area contributed by atoms with Gasteiger partial charge in [-0.3, -0.25) is 0 Å². The first-order valence-corrected chi connectivity index (χ1v) is 7.39. The summed E-state index contributed by atoms with van der Waals surface area (Å²) in [5.74, 6) is 0. The molecule has 1 aromatic heterocycles. The molecule has 1 fully saturated rings. The molecule has 2 heterocycles. The van der Waals surface area contributed by atoms with Gasteiger partial charge < -0.3 is 33.6 Å². The van der Waals surface area contributed by atoms with Crippen LogP contribution in [0.5, 0.6) is 0 Å².